The smallest absolute Gasteiger partial charge is 0.290 e. The minimum atomic E-state index is -0.371. The van der Waals surface area contributed by atoms with Crippen molar-refractivity contribution in [3.8, 4) is 5.75 Å². The normalized spacial score (nSPS) is 10.9. The van der Waals surface area contributed by atoms with Crippen LogP contribution in [0.5, 0.6) is 5.75 Å². The Morgan fingerprint density at radius 2 is 1.79 bits per heavy atom. The summed E-state index contributed by atoms with van der Waals surface area (Å²) in [6.07, 6.45) is 1.82. The molecule has 1 N–H and O–H groups in total. The van der Waals surface area contributed by atoms with Crippen LogP contribution < -0.4 is 10.1 Å². The van der Waals surface area contributed by atoms with Gasteiger partial charge in [-0.05, 0) is 64.1 Å². The van der Waals surface area contributed by atoms with E-state index in [1.165, 1.54) is 0 Å². The van der Waals surface area contributed by atoms with E-state index < -0.39 is 0 Å². The summed E-state index contributed by atoms with van der Waals surface area (Å²) in [6, 6.07) is 12.6. The average molecular weight is 394 g/mol. The molecule has 3 rings (SSSR count). The van der Waals surface area contributed by atoms with Crippen LogP contribution in [0.15, 0.2) is 48.7 Å². The second kappa shape index (κ2) is 8.77. The summed E-state index contributed by atoms with van der Waals surface area (Å²) < 4.78 is 7.28. The fourth-order valence-electron chi connectivity index (χ4n) is 3.09. The molecule has 29 heavy (non-hydrogen) atoms. The average Bonchev–Trinajstić information content (AvgIpc) is 3.10. The molecule has 0 aliphatic rings. The molecule has 0 unspecified atom stereocenters. The first kappa shape index (κ1) is 20.4. The van der Waals surface area contributed by atoms with Gasteiger partial charge in [0, 0.05) is 25.0 Å². The van der Waals surface area contributed by atoms with Gasteiger partial charge >= 0.3 is 0 Å². The molecule has 152 valence electrons. The van der Waals surface area contributed by atoms with Crippen molar-refractivity contribution in [1.82, 2.24) is 14.3 Å². The summed E-state index contributed by atoms with van der Waals surface area (Å²) in [5, 5.41) is 2.85. The summed E-state index contributed by atoms with van der Waals surface area (Å²) in [5.74, 6) is 0.392. The van der Waals surface area contributed by atoms with Crippen LogP contribution in [0.25, 0.3) is 5.52 Å². The molecule has 7 heteroatoms. The molecule has 2 amide bonds. The molecule has 2 heterocycles. The van der Waals surface area contributed by atoms with Gasteiger partial charge in [0.15, 0.2) is 5.69 Å². The zero-order valence-corrected chi connectivity index (χ0v) is 17.2. The zero-order valence-electron chi connectivity index (χ0n) is 17.2. The number of ether oxygens (including phenoxy) is 1. The van der Waals surface area contributed by atoms with Crippen molar-refractivity contribution in [3.05, 3.63) is 60.2 Å². The number of hydrogen-bond donors (Lipinski definition) is 1. The molecule has 0 aliphatic carbocycles. The zero-order chi connectivity index (χ0) is 21.0. The Kier molecular flexibility index (Phi) is 6.16. The highest BCUT2D eigenvalue weighted by molar-refractivity contribution is 6.08. The van der Waals surface area contributed by atoms with Gasteiger partial charge in [-0.3, -0.25) is 14.0 Å². The van der Waals surface area contributed by atoms with Crippen molar-refractivity contribution >= 4 is 23.0 Å². The lowest BCUT2D eigenvalue weighted by Gasteiger charge is -2.17. The highest BCUT2D eigenvalue weighted by Crippen LogP contribution is 2.20. The summed E-state index contributed by atoms with van der Waals surface area (Å²) in [6.45, 7) is 8.88. The number of nitrogens with zero attached hydrogens (tertiary/aromatic N) is 3. The molecular formula is C22H26N4O3. The van der Waals surface area contributed by atoms with Crippen LogP contribution in [0.1, 0.15) is 48.8 Å². The van der Waals surface area contributed by atoms with Crippen molar-refractivity contribution in [1.29, 1.82) is 0 Å². The van der Waals surface area contributed by atoms with Gasteiger partial charge < -0.3 is 15.0 Å². The number of carbonyl (C=O) groups excluding carboxylic acids is 2. The Balaban J connectivity index is 1.89. The maximum Gasteiger partial charge on any atom is 0.290 e. The Labute approximate surface area is 170 Å². The number of aromatic nitrogens is 2. The topological polar surface area (TPSA) is 75.9 Å². The van der Waals surface area contributed by atoms with E-state index in [0.29, 0.717) is 24.3 Å². The Hall–Kier alpha value is -3.35. The number of rotatable bonds is 7. The third kappa shape index (κ3) is 4.39. The molecule has 0 fully saturated rings. The van der Waals surface area contributed by atoms with Crippen molar-refractivity contribution in [2.24, 2.45) is 0 Å². The maximum absolute atomic E-state index is 12.9. The summed E-state index contributed by atoms with van der Waals surface area (Å²) in [5.41, 5.74) is 1.42. The number of amides is 2. The number of nitrogens with one attached hydrogen (secondary N) is 1. The predicted molar refractivity (Wildman–Crippen MR) is 113 cm³/mol. The van der Waals surface area contributed by atoms with Crippen LogP contribution in [-0.2, 0) is 0 Å². The number of benzene rings is 1. The summed E-state index contributed by atoms with van der Waals surface area (Å²) >= 11 is 0. The van der Waals surface area contributed by atoms with Crippen molar-refractivity contribution in [3.63, 3.8) is 0 Å². The highest BCUT2D eigenvalue weighted by atomic mass is 16.5. The van der Waals surface area contributed by atoms with E-state index in [1.54, 1.807) is 45.8 Å². The molecule has 0 aliphatic heterocycles. The van der Waals surface area contributed by atoms with Crippen LogP contribution in [0, 0.1) is 0 Å². The van der Waals surface area contributed by atoms with Crippen molar-refractivity contribution in [2.45, 2.75) is 33.8 Å². The van der Waals surface area contributed by atoms with Gasteiger partial charge in [-0.15, -0.1) is 0 Å². The van der Waals surface area contributed by atoms with Crippen molar-refractivity contribution < 1.29 is 14.3 Å². The number of pyridine rings is 1. The van der Waals surface area contributed by atoms with Gasteiger partial charge in [0.05, 0.1) is 11.6 Å². The number of hydrogen-bond acceptors (Lipinski definition) is 4. The van der Waals surface area contributed by atoms with E-state index >= 15 is 0 Å². The first-order chi connectivity index (χ1) is 13.9. The first-order valence-electron chi connectivity index (χ1n) is 9.79. The third-order valence-electron chi connectivity index (χ3n) is 4.49. The lowest BCUT2D eigenvalue weighted by Crippen LogP contribution is -2.32. The van der Waals surface area contributed by atoms with Crippen LogP contribution in [0.3, 0.4) is 0 Å². The van der Waals surface area contributed by atoms with E-state index in [2.05, 4.69) is 10.3 Å². The molecule has 0 atom stereocenters. The van der Waals surface area contributed by atoms with Gasteiger partial charge in [-0.25, -0.2) is 4.98 Å². The largest absolute Gasteiger partial charge is 0.491 e. The Morgan fingerprint density at radius 3 is 2.41 bits per heavy atom. The van der Waals surface area contributed by atoms with Crippen LogP contribution in [-0.4, -0.2) is 45.3 Å². The van der Waals surface area contributed by atoms with E-state index in [4.69, 9.17) is 4.74 Å². The number of imidazole rings is 1. The van der Waals surface area contributed by atoms with Gasteiger partial charge in [0.1, 0.15) is 5.75 Å². The van der Waals surface area contributed by atoms with E-state index in [1.807, 2.05) is 39.8 Å². The molecule has 0 radical (unpaired) electrons. The molecule has 0 spiro atoms. The van der Waals surface area contributed by atoms with E-state index in [-0.39, 0.29) is 29.4 Å². The first-order valence-corrected chi connectivity index (χ1v) is 9.79. The van der Waals surface area contributed by atoms with Crippen LogP contribution >= 0.6 is 0 Å². The summed E-state index contributed by atoms with van der Waals surface area (Å²) in [4.78, 5) is 31.8. The Morgan fingerprint density at radius 1 is 1.10 bits per heavy atom. The second-order valence-corrected chi connectivity index (χ2v) is 6.86. The van der Waals surface area contributed by atoms with Gasteiger partial charge in [0.25, 0.3) is 11.8 Å². The second-order valence-electron chi connectivity index (χ2n) is 6.86. The van der Waals surface area contributed by atoms with Crippen LogP contribution in [0.4, 0.5) is 5.69 Å². The summed E-state index contributed by atoms with van der Waals surface area (Å²) in [7, 11) is 0. The molecule has 1 aromatic carbocycles. The SMILES string of the molecule is CCN(CC)C(=O)c1nc(C(=O)Nc2ccc(OC(C)C)cc2)c2ccccn12. The quantitative estimate of drug-likeness (QED) is 0.660. The standard InChI is InChI=1S/C22H26N4O3/c1-5-25(6-2)22(28)20-24-19(18-9-7-8-14-26(18)20)21(27)23-16-10-12-17(13-11-16)29-15(3)4/h7-15H,5-6H2,1-4H3,(H,23,27). The molecular weight excluding hydrogens is 368 g/mol. The molecule has 0 saturated heterocycles. The minimum absolute atomic E-state index is 0.0779. The van der Waals surface area contributed by atoms with E-state index in [9.17, 15) is 9.59 Å². The maximum atomic E-state index is 12.9. The highest BCUT2D eigenvalue weighted by Gasteiger charge is 2.24. The van der Waals surface area contributed by atoms with Crippen LogP contribution in [0.2, 0.25) is 0 Å². The van der Waals surface area contributed by atoms with Gasteiger partial charge in [-0.2, -0.15) is 0 Å². The predicted octanol–water partition coefficient (Wildman–Crippen LogP) is 3.86. The fraction of sp³-hybridized carbons (Fsp3) is 0.318. The van der Waals surface area contributed by atoms with Gasteiger partial charge in [-0.1, -0.05) is 6.07 Å². The molecule has 0 bridgehead atoms. The fourth-order valence-corrected chi connectivity index (χ4v) is 3.09. The van der Waals surface area contributed by atoms with Crippen molar-refractivity contribution in [2.75, 3.05) is 18.4 Å². The number of fused-ring (bicyclic) bond motifs is 1. The monoisotopic (exact) mass is 394 g/mol. The molecule has 0 saturated carbocycles. The lowest BCUT2D eigenvalue weighted by atomic mass is 10.2. The number of anilines is 1. The lowest BCUT2D eigenvalue weighted by molar-refractivity contribution is 0.0760. The number of carbonyl (C=O) groups is 2. The molecule has 3 aromatic rings. The third-order valence-corrected chi connectivity index (χ3v) is 4.49. The molecule has 2 aromatic heterocycles. The Bertz CT molecular complexity index is 1000. The van der Waals surface area contributed by atoms with E-state index in [0.717, 1.165) is 5.75 Å². The minimum Gasteiger partial charge on any atom is -0.491 e. The molecule has 7 nitrogen and oxygen atoms in total. The van der Waals surface area contributed by atoms with Gasteiger partial charge in [0.2, 0.25) is 5.82 Å².